The van der Waals surface area contributed by atoms with Crippen LogP contribution in [0.2, 0.25) is 0 Å². The zero-order valence-electron chi connectivity index (χ0n) is 58.0. The molecule has 0 unspecified atom stereocenters. The van der Waals surface area contributed by atoms with Gasteiger partial charge in [-0.3, -0.25) is 0 Å². The average Bonchev–Trinajstić information content (AvgIpc) is 1.53. The number of para-hydroxylation sites is 6. The van der Waals surface area contributed by atoms with Gasteiger partial charge in [0.1, 0.15) is 22.3 Å². The second-order valence-electron chi connectivity index (χ2n) is 27.2. The first-order chi connectivity index (χ1) is 53.5. The first kappa shape index (κ1) is 61.9. The van der Waals surface area contributed by atoms with Gasteiger partial charge in [-0.25, -0.2) is 29.9 Å². The average molecular weight is 1380 g/mol. The molecule has 0 fully saturated rings. The molecule has 10 nitrogen and oxygen atoms in total. The van der Waals surface area contributed by atoms with Gasteiger partial charge in [-0.15, -0.1) is 0 Å². The van der Waals surface area contributed by atoms with E-state index < -0.39 is 0 Å². The Bertz CT molecular complexity index is 7220. The second kappa shape index (κ2) is 25.6. The van der Waals surface area contributed by atoms with Crippen LogP contribution in [0.5, 0.6) is 0 Å². The zero-order chi connectivity index (χ0) is 71.2. The number of hydrogen-bond acceptors (Lipinski definition) is 8. The minimum absolute atomic E-state index is 0.589. The van der Waals surface area contributed by atoms with Gasteiger partial charge < -0.3 is 18.0 Å². The number of nitrogens with zero attached hydrogens (tertiary/aromatic N) is 8. The maximum Gasteiger partial charge on any atom is 0.164 e. The van der Waals surface area contributed by atoms with Crippen molar-refractivity contribution >= 4 is 109 Å². The molecule has 0 radical (unpaired) electrons. The van der Waals surface area contributed by atoms with Crippen LogP contribution in [-0.4, -0.2) is 39.0 Å². The molecule has 0 bridgehead atoms. The van der Waals surface area contributed by atoms with Crippen molar-refractivity contribution in [3.63, 3.8) is 0 Å². The lowest BCUT2D eigenvalue weighted by Gasteiger charge is -2.14. The van der Waals surface area contributed by atoms with E-state index in [9.17, 15) is 0 Å². The summed E-state index contributed by atoms with van der Waals surface area (Å²) < 4.78 is 17.2. The van der Waals surface area contributed by atoms with Crippen molar-refractivity contribution in [2.24, 2.45) is 0 Å². The Morgan fingerprint density at radius 2 is 0.500 bits per heavy atom. The Morgan fingerprint density at radius 1 is 0.185 bits per heavy atom. The number of hydrogen-bond donors (Lipinski definition) is 0. The summed E-state index contributed by atoms with van der Waals surface area (Å²) in [7, 11) is 0. The number of benzene rings is 16. The van der Waals surface area contributed by atoms with E-state index in [2.05, 4.69) is 306 Å². The highest BCUT2D eigenvalue weighted by atomic mass is 16.3. The van der Waals surface area contributed by atoms with E-state index in [0.29, 0.717) is 34.9 Å². The fraction of sp³-hybridized carbons (Fsp3) is 0. The molecule has 0 saturated carbocycles. The van der Waals surface area contributed by atoms with Gasteiger partial charge in [0.05, 0.1) is 22.1 Å². The molecule has 504 valence electrons. The quantitative estimate of drug-likeness (QED) is 0.133. The summed E-state index contributed by atoms with van der Waals surface area (Å²) in [5.41, 5.74) is 20.0. The highest BCUT2D eigenvalue weighted by Gasteiger charge is 2.24. The van der Waals surface area contributed by atoms with E-state index >= 15 is 0 Å². The van der Waals surface area contributed by atoms with Crippen molar-refractivity contribution in [3.05, 3.63) is 364 Å². The van der Waals surface area contributed by atoms with Crippen LogP contribution < -0.4 is 0 Å². The number of furan rings is 2. The Balaban J connectivity index is 0.000000138. The Morgan fingerprint density at radius 3 is 1.02 bits per heavy atom. The molecule has 0 aliphatic carbocycles. The zero-order valence-corrected chi connectivity index (χ0v) is 58.0. The molecule has 0 amide bonds. The first-order valence-corrected chi connectivity index (χ1v) is 36.2. The van der Waals surface area contributed by atoms with Crippen LogP contribution in [0.4, 0.5) is 0 Å². The van der Waals surface area contributed by atoms with Gasteiger partial charge in [0.2, 0.25) is 0 Å². The van der Waals surface area contributed by atoms with Crippen molar-refractivity contribution in [1.82, 2.24) is 39.0 Å². The maximum atomic E-state index is 6.31. The van der Waals surface area contributed by atoms with E-state index in [4.69, 9.17) is 38.7 Å². The second-order valence-corrected chi connectivity index (χ2v) is 27.2. The predicted octanol–water partition coefficient (Wildman–Crippen LogP) is 25.4. The number of fused-ring (bicyclic) bond motifs is 14. The van der Waals surface area contributed by atoms with Crippen molar-refractivity contribution in [1.29, 1.82) is 0 Å². The molecule has 0 saturated heterocycles. The van der Waals surface area contributed by atoms with Crippen molar-refractivity contribution < 1.29 is 8.83 Å². The Kier molecular flexibility index (Phi) is 14.7. The van der Waals surface area contributed by atoms with E-state index in [1.165, 1.54) is 37.9 Å². The SMILES string of the molecule is c1cc(-c2nc(-c3ccc(-c4cccc5ccccc45)cc3)nc(-c3cccc4oc5ccccc5c34)n2)cc(-n2c3ccccc3c3ccccc32)c1.c1ccc(-c2ccc(-c3nc(-c4cccc(-n5c6ccccc6c6ccccc65)c4)nc(-c4cccc5oc6ccccc6c45)n3)c3ccccc23)cc1. The van der Waals surface area contributed by atoms with Crippen LogP contribution in [0.25, 0.3) is 211 Å². The van der Waals surface area contributed by atoms with E-state index in [1.807, 2.05) is 66.7 Å². The smallest absolute Gasteiger partial charge is 0.164 e. The summed E-state index contributed by atoms with van der Waals surface area (Å²) in [6.07, 6.45) is 0. The predicted molar refractivity (Wildman–Crippen MR) is 441 cm³/mol. The molecule has 0 atom stereocenters. The molecule has 0 aliphatic rings. The van der Waals surface area contributed by atoms with Gasteiger partial charge in [0, 0.05) is 87.8 Å². The molecule has 10 heteroatoms. The Labute approximate surface area is 619 Å². The molecule has 108 heavy (non-hydrogen) atoms. The molecule has 16 aromatic carbocycles. The molecule has 6 heterocycles. The summed E-state index contributed by atoms with van der Waals surface area (Å²) in [5, 5.41) is 13.6. The highest BCUT2D eigenvalue weighted by Crippen LogP contribution is 2.43. The lowest BCUT2D eigenvalue weighted by Crippen LogP contribution is -2.02. The third-order valence-corrected chi connectivity index (χ3v) is 20.9. The van der Waals surface area contributed by atoms with Crippen LogP contribution >= 0.6 is 0 Å². The summed E-state index contributed by atoms with van der Waals surface area (Å²) in [6, 6.07) is 127. The monoisotopic (exact) mass is 1380 g/mol. The van der Waals surface area contributed by atoms with Crippen molar-refractivity contribution in [2.75, 3.05) is 0 Å². The van der Waals surface area contributed by atoms with Gasteiger partial charge in [-0.2, -0.15) is 0 Å². The minimum Gasteiger partial charge on any atom is -0.456 e. The normalized spacial score (nSPS) is 11.7. The molecular weight excluding hydrogens is 1320 g/mol. The number of rotatable bonds is 10. The van der Waals surface area contributed by atoms with Gasteiger partial charge in [-0.05, 0) is 123 Å². The lowest BCUT2D eigenvalue weighted by atomic mass is 9.94. The molecule has 22 rings (SSSR count). The molecule has 0 aliphatic heterocycles. The molecule has 22 aromatic rings. The minimum atomic E-state index is 0.589. The van der Waals surface area contributed by atoms with Crippen LogP contribution in [0.15, 0.2) is 373 Å². The maximum absolute atomic E-state index is 6.31. The first-order valence-electron chi connectivity index (χ1n) is 36.2. The largest absolute Gasteiger partial charge is 0.456 e. The third kappa shape index (κ3) is 10.5. The van der Waals surface area contributed by atoms with Crippen LogP contribution in [-0.2, 0) is 0 Å². The highest BCUT2D eigenvalue weighted by molar-refractivity contribution is 6.15. The summed E-state index contributed by atoms with van der Waals surface area (Å²) in [5.74, 6) is 3.58. The fourth-order valence-electron chi connectivity index (χ4n) is 16.0. The van der Waals surface area contributed by atoms with Crippen LogP contribution in [0.1, 0.15) is 0 Å². The van der Waals surface area contributed by atoms with Gasteiger partial charge >= 0.3 is 0 Å². The van der Waals surface area contributed by atoms with Crippen LogP contribution in [0, 0.1) is 0 Å². The molecular formula is C98H60N8O2. The molecule has 6 aromatic heterocycles. The summed E-state index contributed by atoms with van der Waals surface area (Å²) in [4.78, 5) is 31.4. The Hall–Kier alpha value is -14.7. The summed E-state index contributed by atoms with van der Waals surface area (Å²) >= 11 is 0. The number of aromatic nitrogens is 8. The third-order valence-electron chi connectivity index (χ3n) is 20.9. The van der Waals surface area contributed by atoms with Crippen molar-refractivity contribution in [3.8, 4) is 102 Å². The van der Waals surface area contributed by atoms with Crippen molar-refractivity contribution in [2.45, 2.75) is 0 Å². The summed E-state index contributed by atoms with van der Waals surface area (Å²) in [6.45, 7) is 0. The lowest BCUT2D eigenvalue weighted by molar-refractivity contribution is 0.668. The van der Waals surface area contributed by atoms with E-state index in [-0.39, 0.29) is 0 Å². The van der Waals surface area contributed by atoms with E-state index in [0.717, 1.165) is 138 Å². The van der Waals surface area contributed by atoms with Gasteiger partial charge in [0.25, 0.3) is 0 Å². The van der Waals surface area contributed by atoms with E-state index in [1.54, 1.807) is 0 Å². The van der Waals surface area contributed by atoms with Gasteiger partial charge in [-0.1, -0.05) is 285 Å². The fourth-order valence-corrected chi connectivity index (χ4v) is 16.0. The standard InChI is InChI=1S/2C49H30N4O/c1-2-16-36-31(12-1)13-10-20-37(36)32-26-28-33(29-27-32)47-50-48(52-49(51-47)41-21-11-25-45-46(41)40-19-5-8-24-44(40)54-45)34-14-9-15-35(30-34)53-42-22-6-3-17-38(42)39-18-4-7-23-43(39)53;1-2-14-31(15-3-1)34-28-29-39(36-19-5-4-18-35(34)36)48-50-47(51-49(52-48)41-23-13-27-45-46(41)40-22-8-11-26-44(40)54-45)32-16-12-17-33(30-32)53-42-24-9-6-20-37(42)38-21-7-10-25-43(38)53/h2*1-30H. The van der Waals surface area contributed by atoms with Crippen LogP contribution in [0.3, 0.4) is 0 Å². The topological polar surface area (TPSA) is 113 Å². The molecule has 0 spiro atoms. The van der Waals surface area contributed by atoms with Gasteiger partial charge in [0.15, 0.2) is 34.9 Å². The molecule has 0 N–H and O–H groups in total.